The van der Waals surface area contributed by atoms with Crippen LogP contribution in [0.2, 0.25) is 0 Å². The van der Waals surface area contributed by atoms with Gasteiger partial charge in [-0.1, -0.05) is 0 Å². The summed E-state index contributed by atoms with van der Waals surface area (Å²) in [4.78, 5) is 34.6. The predicted octanol–water partition coefficient (Wildman–Crippen LogP) is 1.26. The van der Waals surface area contributed by atoms with E-state index in [0.717, 1.165) is 6.07 Å². The highest BCUT2D eigenvalue weighted by atomic mass is 16.6. The molecular weight excluding hydrogens is 346 g/mol. The van der Waals surface area contributed by atoms with Crippen LogP contribution in [0.4, 0.5) is 10.5 Å². The number of carbonyl (C=O) groups excluding carboxylic acids is 2. The molecule has 140 valence electrons. The number of methoxy groups -OCH3 is 1. The molecular formula is C16H18N3O7-. The molecule has 0 fully saturated rings. The van der Waals surface area contributed by atoms with Crippen LogP contribution in [-0.4, -0.2) is 30.1 Å². The molecule has 1 aromatic carbocycles. The zero-order chi connectivity index (χ0) is 19.6. The highest BCUT2D eigenvalue weighted by Crippen LogP contribution is 2.39. The molecule has 1 aliphatic heterocycles. The Balaban J connectivity index is 2.61. The molecule has 0 saturated heterocycles. The van der Waals surface area contributed by atoms with E-state index in [0.29, 0.717) is 0 Å². The van der Waals surface area contributed by atoms with E-state index < -0.39 is 40.5 Å². The fourth-order valence-corrected chi connectivity index (χ4v) is 2.55. The number of esters is 1. The fraction of sp³-hybridized carbons (Fsp3) is 0.375. The third-order valence-corrected chi connectivity index (χ3v) is 3.64. The quantitative estimate of drug-likeness (QED) is 0.455. The molecule has 1 aliphatic rings. The second-order valence-corrected chi connectivity index (χ2v) is 5.85. The highest BCUT2D eigenvalue weighted by Gasteiger charge is 2.34. The highest BCUT2D eigenvalue weighted by molar-refractivity contribution is 5.95. The number of hydrogen-bond acceptors (Lipinski definition) is 7. The largest absolute Gasteiger partial charge is 0.865 e. The van der Waals surface area contributed by atoms with E-state index in [1.165, 1.54) is 20.1 Å². The van der Waals surface area contributed by atoms with Crippen LogP contribution < -0.4 is 20.5 Å². The van der Waals surface area contributed by atoms with Gasteiger partial charge in [0.15, 0.2) is 0 Å². The van der Waals surface area contributed by atoms with Gasteiger partial charge in [-0.15, -0.1) is 0 Å². The van der Waals surface area contributed by atoms with Crippen molar-refractivity contribution < 1.29 is 29.1 Å². The molecule has 10 nitrogen and oxygen atoms in total. The first-order valence-corrected chi connectivity index (χ1v) is 7.68. The summed E-state index contributed by atoms with van der Waals surface area (Å²) in [6.45, 7) is 4.84. The predicted molar refractivity (Wildman–Crippen MR) is 87.4 cm³/mol. The number of allylic oxidation sites excluding steroid dienone is 1. The number of urea groups is 1. The van der Waals surface area contributed by atoms with Gasteiger partial charge in [0.25, 0.3) is 5.69 Å². The number of benzene rings is 1. The number of amides is 2. The number of rotatable bonds is 5. The number of hydrogen-bond donors (Lipinski definition) is 2. The van der Waals surface area contributed by atoms with Gasteiger partial charge in [-0.2, -0.15) is 0 Å². The third kappa shape index (κ3) is 3.68. The summed E-state index contributed by atoms with van der Waals surface area (Å²) in [6, 6.07) is 0.628. The first kappa shape index (κ1) is 19.0. The van der Waals surface area contributed by atoms with Crippen LogP contribution in [0.3, 0.4) is 0 Å². The summed E-state index contributed by atoms with van der Waals surface area (Å²) in [7, 11) is 1.19. The number of nitro benzene ring substituents is 1. The minimum Gasteiger partial charge on any atom is -0.865 e. The molecule has 26 heavy (non-hydrogen) atoms. The zero-order valence-electron chi connectivity index (χ0n) is 14.6. The SMILES string of the molecule is COc1cc([C@@H]2NC(=O)NC(C)=C2C(=O)OC(C)C)cc([N+](=O)[O-])c1[O-]. The smallest absolute Gasteiger partial charge is 0.338 e. The molecule has 10 heteroatoms. The second kappa shape index (κ2) is 7.30. The maximum atomic E-state index is 12.5. The molecule has 1 atom stereocenters. The molecule has 2 rings (SSSR count). The molecule has 1 heterocycles. The van der Waals surface area contributed by atoms with Gasteiger partial charge in [0.2, 0.25) is 0 Å². The average Bonchev–Trinajstić information content (AvgIpc) is 2.53. The van der Waals surface area contributed by atoms with Crippen LogP contribution in [0.1, 0.15) is 32.4 Å². The van der Waals surface area contributed by atoms with E-state index in [2.05, 4.69) is 10.6 Å². The molecule has 0 bridgehead atoms. The average molecular weight is 364 g/mol. The molecule has 0 saturated carbocycles. The van der Waals surface area contributed by atoms with Gasteiger partial charge in [-0.25, -0.2) is 9.59 Å². The molecule has 2 amide bonds. The van der Waals surface area contributed by atoms with Crippen molar-refractivity contribution in [3.05, 3.63) is 39.1 Å². The van der Waals surface area contributed by atoms with Gasteiger partial charge in [0.1, 0.15) is 5.75 Å². The number of nitro groups is 1. The number of carbonyl (C=O) groups is 2. The van der Waals surface area contributed by atoms with Crippen molar-refractivity contribution >= 4 is 17.7 Å². The Morgan fingerprint density at radius 3 is 2.54 bits per heavy atom. The molecule has 0 unspecified atom stereocenters. The molecule has 0 spiro atoms. The van der Waals surface area contributed by atoms with E-state index in [-0.39, 0.29) is 22.6 Å². The van der Waals surface area contributed by atoms with Crippen molar-refractivity contribution in [2.45, 2.75) is 32.9 Å². The van der Waals surface area contributed by atoms with E-state index in [1.54, 1.807) is 13.8 Å². The Kier molecular flexibility index (Phi) is 5.34. The zero-order valence-corrected chi connectivity index (χ0v) is 14.6. The number of nitrogens with zero attached hydrogens (tertiary/aromatic N) is 1. The Labute approximate surface area is 148 Å². The lowest BCUT2D eigenvalue weighted by molar-refractivity contribution is -0.398. The maximum absolute atomic E-state index is 12.5. The van der Waals surface area contributed by atoms with Crippen LogP contribution >= 0.6 is 0 Å². The molecule has 0 aromatic heterocycles. The topological polar surface area (TPSA) is 143 Å². The van der Waals surface area contributed by atoms with E-state index in [9.17, 15) is 24.8 Å². The lowest BCUT2D eigenvalue weighted by atomic mass is 9.94. The Hall–Kier alpha value is -3.30. The summed E-state index contributed by atoms with van der Waals surface area (Å²) in [5.74, 6) is -1.85. The lowest BCUT2D eigenvalue weighted by Gasteiger charge is -2.29. The summed E-state index contributed by atoms with van der Waals surface area (Å²) in [6.07, 6.45) is -0.408. The van der Waals surface area contributed by atoms with Crippen molar-refractivity contribution in [2.24, 2.45) is 0 Å². The maximum Gasteiger partial charge on any atom is 0.338 e. The van der Waals surface area contributed by atoms with E-state index >= 15 is 0 Å². The van der Waals surface area contributed by atoms with Gasteiger partial charge in [0.05, 0.1) is 29.8 Å². The Morgan fingerprint density at radius 1 is 1.35 bits per heavy atom. The summed E-state index contributed by atoms with van der Waals surface area (Å²) >= 11 is 0. The molecule has 2 N–H and O–H groups in total. The number of nitrogens with one attached hydrogen (secondary N) is 2. The fourth-order valence-electron chi connectivity index (χ4n) is 2.55. The van der Waals surface area contributed by atoms with Crippen LogP contribution in [0.15, 0.2) is 23.4 Å². The Bertz CT molecular complexity index is 801. The van der Waals surface area contributed by atoms with Gasteiger partial charge in [0, 0.05) is 17.5 Å². The molecule has 1 aromatic rings. The van der Waals surface area contributed by atoms with Crippen molar-refractivity contribution in [3.63, 3.8) is 0 Å². The Morgan fingerprint density at radius 2 is 2.00 bits per heavy atom. The van der Waals surface area contributed by atoms with Crippen LogP contribution in [0.25, 0.3) is 0 Å². The van der Waals surface area contributed by atoms with E-state index in [1.807, 2.05) is 0 Å². The normalized spacial score (nSPS) is 16.8. The van der Waals surface area contributed by atoms with Gasteiger partial charge in [-0.05, 0) is 32.4 Å². The van der Waals surface area contributed by atoms with Crippen molar-refractivity contribution in [2.75, 3.05) is 7.11 Å². The summed E-state index contributed by atoms with van der Waals surface area (Å²) in [5.41, 5.74) is -0.245. The van der Waals surface area contributed by atoms with Gasteiger partial charge in [-0.3, -0.25) is 10.1 Å². The first-order valence-electron chi connectivity index (χ1n) is 7.68. The second-order valence-electron chi connectivity index (χ2n) is 5.85. The third-order valence-electron chi connectivity index (χ3n) is 3.64. The van der Waals surface area contributed by atoms with Crippen LogP contribution in [-0.2, 0) is 9.53 Å². The minimum absolute atomic E-state index is 0.0771. The van der Waals surface area contributed by atoms with Crippen molar-refractivity contribution in [3.8, 4) is 11.5 Å². The summed E-state index contributed by atoms with van der Waals surface area (Å²) < 4.78 is 10.1. The van der Waals surface area contributed by atoms with Gasteiger partial charge >= 0.3 is 12.0 Å². The van der Waals surface area contributed by atoms with Crippen molar-refractivity contribution in [1.29, 1.82) is 0 Å². The standard InChI is InChI=1S/C16H19N3O7/c1-7(2)26-15(21)12-8(3)17-16(22)18-13(12)9-5-10(19(23)24)14(20)11(6-9)25-4/h5-7,13,20H,1-4H3,(H2,17,18,22)/p-1/t13-/m0/s1. The first-order chi connectivity index (χ1) is 12.1. The monoisotopic (exact) mass is 364 g/mol. The lowest BCUT2D eigenvalue weighted by Crippen LogP contribution is -2.45. The number of ether oxygens (including phenoxy) is 2. The van der Waals surface area contributed by atoms with Crippen LogP contribution in [0.5, 0.6) is 11.5 Å². The van der Waals surface area contributed by atoms with E-state index in [4.69, 9.17) is 9.47 Å². The molecule has 0 radical (unpaired) electrons. The van der Waals surface area contributed by atoms with Gasteiger partial charge < -0.3 is 25.2 Å². The molecule has 0 aliphatic carbocycles. The van der Waals surface area contributed by atoms with Crippen molar-refractivity contribution in [1.82, 2.24) is 10.6 Å². The van der Waals surface area contributed by atoms with Crippen LogP contribution in [0, 0.1) is 10.1 Å². The minimum atomic E-state index is -1.04. The summed E-state index contributed by atoms with van der Waals surface area (Å²) in [5, 5.41) is 28.1.